The number of rotatable bonds is 10. The Kier molecular flexibility index (Phi) is 9.11. The minimum absolute atomic E-state index is 0.0927. The Morgan fingerprint density at radius 1 is 1.16 bits per heavy atom. The van der Waals surface area contributed by atoms with Gasteiger partial charge in [-0.05, 0) is 51.5 Å². The van der Waals surface area contributed by atoms with E-state index in [9.17, 15) is 18.3 Å². The highest BCUT2D eigenvalue weighted by Gasteiger charge is 2.24. The van der Waals surface area contributed by atoms with Gasteiger partial charge in [0.2, 0.25) is 5.13 Å². The van der Waals surface area contributed by atoms with Gasteiger partial charge in [-0.2, -0.15) is 0 Å². The van der Waals surface area contributed by atoms with Crippen LogP contribution in [0.1, 0.15) is 52.3 Å². The minimum atomic E-state index is -4.11. The Bertz CT molecular complexity index is 1300. The van der Waals surface area contributed by atoms with Crippen LogP contribution in [0.25, 0.3) is 10.6 Å². The predicted molar refractivity (Wildman–Crippen MR) is 142 cm³/mol. The van der Waals surface area contributed by atoms with Crippen molar-refractivity contribution in [1.82, 2.24) is 14.9 Å². The van der Waals surface area contributed by atoms with Crippen LogP contribution in [0, 0.1) is 0 Å². The molecule has 200 valence electrons. The third-order valence-electron chi connectivity index (χ3n) is 5.13. The van der Waals surface area contributed by atoms with Gasteiger partial charge in [-0.3, -0.25) is 0 Å². The second-order valence-corrected chi connectivity index (χ2v) is 11.9. The second kappa shape index (κ2) is 11.9. The Morgan fingerprint density at radius 2 is 1.86 bits per heavy atom. The zero-order valence-corrected chi connectivity index (χ0v) is 23.1. The van der Waals surface area contributed by atoms with Crippen molar-refractivity contribution in [2.45, 2.75) is 57.3 Å². The maximum Gasteiger partial charge on any atom is 0.421 e. The molecule has 0 aliphatic heterocycles. The number of nitrogens with zero attached hydrogens (tertiary/aromatic N) is 3. The maximum absolute atomic E-state index is 12.5. The number of carbonyl (C=O) groups excluding carboxylic acids is 1. The maximum atomic E-state index is 12.5. The van der Waals surface area contributed by atoms with Crippen molar-refractivity contribution in [3.63, 3.8) is 0 Å². The monoisotopic (exact) mass is 548 g/mol. The molecule has 0 aliphatic rings. The molecule has 0 spiro atoms. The fourth-order valence-electron chi connectivity index (χ4n) is 3.33. The van der Waals surface area contributed by atoms with Crippen LogP contribution in [-0.4, -0.2) is 49.1 Å². The summed E-state index contributed by atoms with van der Waals surface area (Å²) in [6.45, 7) is 7.56. The van der Waals surface area contributed by atoms with E-state index in [4.69, 9.17) is 9.47 Å². The standard InChI is InChI=1S/C25H32N4O6S2/c1-6-7-15-29(22(30)18-9-8-10-19(16-18)34-5)23-27-26-21(36-23)17-11-13-20(14-12-17)37(32,33)28-24(31)35-25(2,3)4/h8-14,16,22,30H,6-7,15H2,1-5H3,(H,28,31). The number of hydrogen-bond donors (Lipinski definition) is 2. The van der Waals surface area contributed by atoms with Gasteiger partial charge in [-0.1, -0.05) is 48.9 Å². The fourth-order valence-corrected chi connectivity index (χ4v) is 5.10. The molecule has 1 aromatic heterocycles. The molecule has 0 saturated carbocycles. The molecule has 0 bridgehead atoms. The van der Waals surface area contributed by atoms with Crippen LogP contribution in [0.4, 0.5) is 9.93 Å². The van der Waals surface area contributed by atoms with Gasteiger partial charge in [0, 0.05) is 17.7 Å². The summed E-state index contributed by atoms with van der Waals surface area (Å²) in [7, 11) is -2.53. The third-order valence-corrected chi connectivity index (χ3v) is 7.47. The summed E-state index contributed by atoms with van der Waals surface area (Å²) < 4.78 is 37.3. The molecule has 1 unspecified atom stereocenters. The molecular formula is C25H32N4O6S2. The van der Waals surface area contributed by atoms with E-state index in [0.29, 0.717) is 33.6 Å². The van der Waals surface area contributed by atoms with Crippen molar-refractivity contribution in [3.8, 4) is 16.3 Å². The molecule has 2 aromatic carbocycles. The number of methoxy groups -OCH3 is 1. The number of carbonyl (C=O) groups is 1. The number of aliphatic hydroxyl groups is 1. The lowest BCUT2D eigenvalue weighted by Gasteiger charge is -2.27. The lowest BCUT2D eigenvalue weighted by molar-refractivity contribution is 0.0570. The number of unbranched alkanes of at least 4 members (excludes halogenated alkanes) is 1. The van der Waals surface area contributed by atoms with Gasteiger partial charge in [0.05, 0.1) is 12.0 Å². The number of benzene rings is 2. The van der Waals surface area contributed by atoms with Crippen molar-refractivity contribution in [2.75, 3.05) is 18.6 Å². The zero-order chi connectivity index (χ0) is 27.2. The number of aromatic nitrogens is 2. The lowest BCUT2D eigenvalue weighted by atomic mass is 10.1. The van der Waals surface area contributed by atoms with Crippen molar-refractivity contribution < 1.29 is 27.8 Å². The highest BCUT2D eigenvalue weighted by Crippen LogP contribution is 2.34. The number of hydrogen-bond acceptors (Lipinski definition) is 10. The van der Waals surface area contributed by atoms with E-state index < -0.39 is 27.9 Å². The normalized spacial score (nSPS) is 12.6. The van der Waals surface area contributed by atoms with Crippen LogP contribution in [0.3, 0.4) is 0 Å². The summed E-state index contributed by atoms with van der Waals surface area (Å²) in [6, 6.07) is 13.1. The molecule has 0 fully saturated rings. The predicted octanol–water partition coefficient (Wildman–Crippen LogP) is 4.72. The molecule has 2 N–H and O–H groups in total. The van der Waals surface area contributed by atoms with Crippen molar-refractivity contribution >= 4 is 32.6 Å². The molecule has 37 heavy (non-hydrogen) atoms. The van der Waals surface area contributed by atoms with E-state index >= 15 is 0 Å². The average molecular weight is 549 g/mol. The molecule has 3 rings (SSSR count). The third kappa shape index (κ3) is 7.63. The molecule has 1 heterocycles. The van der Waals surface area contributed by atoms with Crippen LogP contribution in [-0.2, 0) is 14.8 Å². The van der Waals surface area contributed by atoms with Crippen molar-refractivity contribution in [1.29, 1.82) is 0 Å². The number of anilines is 1. The minimum Gasteiger partial charge on any atom is -0.497 e. The second-order valence-electron chi connectivity index (χ2n) is 9.22. The number of amides is 1. The largest absolute Gasteiger partial charge is 0.497 e. The highest BCUT2D eigenvalue weighted by molar-refractivity contribution is 7.90. The Morgan fingerprint density at radius 3 is 2.49 bits per heavy atom. The first-order chi connectivity index (χ1) is 17.4. The number of sulfonamides is 1. The van der Waals surface area contributed by atoms with E-state index in [1.807, 2.05) is 22.9 Å². The summed E-state index contributed by atoms with van der Waals surface area (Å²) >= 11 is 1.28. The van der Waals surface area contributed by atoms with Crippen LogP contribution in [0.5, 0.6) is 5.75 Å². The van der Waals surface area contributed by atoms with Gasteiger partial charge in [-0.25, -0.2) is 17.9 Å². The van der Waals surface area contributed by atoms with Gasteiger partial charge in [0.15, 0.2) is 6.23 Å². The molecular weight excluding hydrogens is 516 g/mol. The van der Waals surface area contributed by atoms with Gasteiger partial charge < -0.3 is 19.5 Å². The smallest absolute Gasteiger partial charge is 0.421 e. The molecule has 0 radical (unpaired) electrons. The molecule has 1 atom stereocenters. The van der Waals surface area contributed by atoms with Crippen LogP contribution < -0.4 is 14.4 Å². The topological polar surface area (TPSA) is 131 Å². The van der Waals surface area contributed by atoms with Gasteiger partial charge in [-0.15, -0.1) is 10.2 Å². The van der Waals surface area contributed by atoms with E-state index in [1.165, 1.54) is 23.5 Å². The van der Waals surface area contributed by atoms with Crippen LogP contribution >= 0.6 is 11.3 Å². The first-order valence-corrected chi connectivity index (χ1v) is 14.0. The van der Waals surface area contributed by atoms with Gasteiger partial charge in [0.25, 0.3) is 10.0 Å². The number of ether oxygens (including phenoxy) is 2. The average Bonchev–Trinajstić information content (AvgIpc) is 3.32. The lowest BCUT2D eigenvalue weighted by Crippen LogP contribution is -2.36. The summed E-state index contributed by atoms with van der Waals surface area (Å²) in [4.78, 5) is 13.6. The Hall–Kier alpha value is -3.22. The zero-order valence-electron chi connectivity index (χ0n) is 21.5. The molecule has 3 aromatic rings. The molecule has 0 saturated heterocycles. The summed E-state index contributed by atoms with van der Waals surface area (Å²) in [6.07, 6.45) is -0.228. The van der Waals surface area contributed by atoms with Gasteiger partial charge >= 0.3 is 6.09 Å². The van der Waals surface area contributed by atoms with Crippen molar-refractivity contribution in [2.24, 2.45) is 0 Å². The van der Waals surface area contributed by atoms with Crippen molar-refractivity contribution in [3.05, 3.63) is 54.1 Å². The molecule has 12 heteroatoms. The summed E-state index contributed by atoms with van der Waals surface area (Å²) in [5, 5.41) is 20.8. The van der Waals surface area contributed by atoms with Gasteiger partial charge in [0.1, 0.15) is 16.4 Å². The SMILES string of the molecule is CCCCN(c1nnc(-c2ccc(S(=O)(=O)NC(=O)OC(C)(C)C)cc2)s1)C(O)c1cccc(OC)c1. The quantitative estimate of drug-likeness (QED) is 0.345. The fraction of sp³-hybridized carbons (Fsp3) is 0.400. The van der Waals surface area contributed by atoms with E-state index in [-0.39, 0.29) is 4.90 Å². The Balaban J connectivity index is 1.80. The molecule has 1 amide bonds. The van der Waals surface area contributed by atoms with Crippen LogP contribution in [0.2, 0.25) is 0 Å². The molecule has 0 aliphatic carbocycles. The first-order valence-electron chi connectivity index (χ1n) is 11.7. The van der Waals surface area contributed by atoms with Crippen LogP contribution in [0.15, 0.2) is 53.4 Å². The first kappa shape index (κ1) is 28.4. The highest BCUT2D eigenvalue weighted by atomic mass is 32.2. The van der Waals surface area contributed by atoms with E-state index in [1.54, 1.807) is 51.0 Å². The van der Waals surface area contributed by atoms with E-state index in [2.05, 4.69) is 17.1 Å². The summed E-state index contributed by atoms with van der Waals surface area (Å²) in [5.74, 6) is 0.640. The summed E-state index contributed by atoms with van der Waals surface area (Å²) in [5.41, 5.74) is 0.481. The Labute approximate surface area is 221 Å². The number of nitrogens with one attached hydrogen (secondary N) is 1. The molecule has 10 nitrogen and oxygen atoms in total. The number of aliphatic hydroxyl groups excluding tert-OH is 1. The van der Waals surface area contributed by atoms with E-state index in [0.717, 1.165) is 12.8 Å².